The Labute approximate surface area is 112 Å². The Morgan fingerprint density at radius 2 is 2.21 bits per heavy atom. The zero-order valence-electron chi connectivity index (χ0n) is 10.7. The van der Waals surface area contributed by atoms with Gasteiger partial charge < -0.3 is 15.6 Å². The summed E-state index contributed by atoms with van der Waals surface area (Å²) in [5.41, 5.74) is 4.22. The van der Waals surface area contributed by atoms with Crippen LogP contribution in [0.15, 0.2) is 36.5 Å². The number of carbonyl (C=O) groups excluding carboxylic acids is 1. The summed E-state index contributed by atoms with van der Waals surface area (Å²) in [5, 5.41) is 6.27. The maximum atomic E-state index is 12.3. The van der Waals surface area contributed by atoms with E-state index in [0.717, 1.165) is 36.3 Å². The minimum absolute atomic E-state index is 0.00449. The third-order valence-corrected chi connectivity index (χ3v) is 3.49. The van der Waals surface area contributed by atoms with Crippen LogP contribution in [0.1, 0.15) is 27.2 Å². The molecule has 2 heterocycles. The summed E-state index contributed by atoms with van der Waals surface area (Å²) in [5.74, 6) is -0.00449. The second-order valence-electron chi connectivity index (χ2n) is 4.75. The molecule has 1 aromatic carbocycles. The molecule has 1 aliphatic heterocycles. The molecule has 0 saturated heterocycles. The predicted octanol–water partition coefficient (Wildman–Crippen LogP) is 1.59. The minimum Gasteiger partial charge on any atom is -0.364 e. The van der Waals surface area contributed by atoms with E-state index in [9.17, 15) is 4.79 Å². The summed E-state index contributed by atoms with van der Waals surface area (Å²) in [6, 6.07) is 9.86. The number of aromatic nitrogens is 1. The van der Waals surface area contributed by atoms with E-state index >= 15 is 0 Å². The Hall–Kier alpha value is -2.07. The van der Waals surface area contributed by atoms with E-state index in [1.165, 1.54) is 5.56 Å². The van der Waals surface area contributed by atoms with Crippen LogP contribution >= 0.6 is 0 Å². The van der Waals surface area contributed by atoms with E-state index in [0.29, 0.717) is 6.54 Å². The van der Waals surface area contributed by atoms with Gasteiger partial charge in [-0.2, -0.15) is 0 Å². The molecule has 0 bridgehead atoms. The molecule has 98 valence electrons. The van der Waals surface area contributed by atoms with Crippen LogP contribution in [0.2, 0.25) is 0 Å². The number of rotatable bonds is 3. The highest BCUT2D eigenvalue weighted by Crippen LogP contribution is 2.18. The van der Waals surface area contributed by atoms with Crippen LogP contribution in [-0.2, 0) is 19.5 Å². The van der Waals surface area contributed by atoms with Gasteiger partial charge >= 0.3 is 0 Å². The Morgan fingerprint density at radius 1 is 1.26 bits per heavy atom. The molecule has 0 atom stereocenters. The number of hydrogen-bond acceptors (Lipinski definition) is 2. The van der Waals surface area contributed by atoms with E-state index in [-0.39, 0.29) is 5.91 Å². The number of H-pyrrole nitrogens is 1. The van der Waals surface area contributed by atoms with Gasteiger partial charge in [0.2, 0.25) is 0 Å². The van der Waals surface area contributed by atoms with Gasteiger partial charge in [-0.05, 0) is 42.3 Å². The zero-order valence-corrected chi connectivity index (χ0v) is 10.7. The standard InChI is InChI=1S/C15H17N3O/c19-15(18-9-12-4-2-7-17-12)13-5-1-3-11-6-8-16-10-14(11)13/h1-5,7,16-17H,6,8-10H2,(H,18,19). The third kappa shape index (κ3) is 2.53. The molecular formula is C15H17N3O. The normalized spacial score (nSPS) is 13.9. The molecule has 1 aromatic heterocycles. The van der Waals surface area contributed by atoms with E-state index in [2.05, 4.69) is 21.7 Å². The molecule has 0 saturated carbocycles. The van der Waals surface area contributed by atoms with Crippen molar-refractivity contribution < 1.29 is 4.79 Å². The van der Waals surface area contributed by atoms with Crippen molar-refractivity contribution >= 4 is 5.91 Å². The van der Waals surface area contributed by atoms with Crippen molar-refractivity contribution in [3.8, 4) is 0 Å². The van der Waals surface area contributed by atoms with Gasteiger partial charge in [0.05, 0.1) is 6.54 Å². The summed E-state index contributed by atoms with van der Waals surface area (Å²) in [7, 11) is 0. The molecular weight excluding hydrogens is 238 g/mol. The number of fused-ring (bicyclic) bond motifs is 1. The Balaban J connectivity index is 1.76. The first-order valence-electron chi connectivity index (χ1n) is 6.56. The molecule has 4 nitrogen and oxygen atoms in total. The first-order chi connectivity index (χ1) is 9.34. The summed E-state index contributed by atoms with van der Waals surface area (Å²) >= 11 is 0. The molecule has 1 amide bonds. The molecule has 3 N–H and O–H groups in total. The summed E-state index contributed by atoms with van der Waals surface area (Å²) in [6.45, 7) is 2.30. The first-order valence-corrected chi connectivity index (χ1v) is 6.56. The monoisotopic (exact) mass is 255 g/mol. The van der Waals surface area contributed by atoms with Crippen molar-refractivity contribution in [3.63, 3.8) is 0 Å². The second kappa shape index (κ2) is 5.28. The zero-order chi connectivity index (χ0) is 13.1. The van der Waals surface area contributed by atoms with Gasteiger partial charge in [-0.1, -0.05) is 12.1 Å². The predicted molar refractivity (Wildman–Crippen MR) is 73.8 cm³/mol. The molecule has 19 heavy (non-hydrogen) atoms. The molecule has 0 unspecified atom stereocenters. The van der Waals surface area contributed by atoms with Crippen LogP contribution in [-0.4, -0.2) is 17.4 Å². The third-order valence-electron chi connectivity index (χ3n) is 3.49. The highest BCUT2D eigenvalue weighted by molar-refractivity contribution is 5.96. The van der Waals surface area contributed by atoms with E-state index in [1.54, 1.807) is 0 Å². The fraction of sp³-hybridized carbons (Fsp3) is 0.267. The maximum Gasteiger partial charge on any atom is 0.251 e. The van der Waals surface area contributed by atoms with E-state index in [4.69, 9.17) is 0 Å². The lowest BCUT2D eigenvalue weighted by Crippen LogP contribution is -2.29. The molecule has 0 spiro atoms. The average Bonchev–Trinajstić information content (AvgIpc) is 2.97. The van der Waals surface area contributed by atoms with Gasteiger partial charge in [0.15, 0.2) is 0 Å². The van der Waals surface area contributed by atoms with Crippen molar-refractivity contribution in [2.24, 2.45) is 0 Å². The van der Waals surface area contributed by atoms with Crippen molar-refractivity contribution in [1.29, 1.82) is 0 Å². The van der Waals surface area contributed by atoms with Gasteiger partial charge in [0, 0.05) is 24.0 Å². The van der Waals surface area contributed by atoms with Crippen LogP contribution < -0.4 is 10.6 Å². The van der Waals surface area contributed by atoms with Gasteiger partial charge in [-0.25, -0.2) is 0 Å². The summed E-state index contributed by atoms with van der Waals surface area (Å²) < 4.78 is 0. The van der Waals surface area contributed by atoms with E-state index in [1.807, 2.05) is 30.5 Å². The highest BCUT2D eigenvalue weighted by atomic mass is 16.1. The average molecular weight is 255 g/mol. The van der Waals surface area contributed by atoms with E-state index < -0.39 is 0 Å². The van der Waals surface area contributed by atoms with Crippen LogP contribution in [0.4, 0.5) is 0 Å². The van der Waals surface area contributed by atoms with Crippen molar-refractivity contribution in [2.45, 2.75) is 19.5 Å². The van der Waals surface area contributed by atoms with Crippen molar-refractivity contribution in [1.82, 2.24) is 15.6 Å². The smallest absolute Gasteiger partial charge is 0.251 e. The summed E-state index contributed by atoms with van der Waals surface area (Å²) in [6.07, 6.45) is 2.85. The molecule has 3 rings (SSSR count). The minimum atomic E-state index is -0.00449. The van der Waals surface area contributed by atoms with Crippen molar-refractivity contribution in [2.75, 3.05) is 6.54 Å². The maximum absolute atomic E-state index is 12.3. The van der Waals surface area contributed by atoms with Crippen LogP contribution in [0.25, 0.3) is 0 Å². The van der Waals surface area contributed by atoms with Gasteiger partial charge in [-0.3, -0.25) is 4.79 Å². The topological polar surface area (TPSA) is 56.9 Å². The molecule has 4 heteroatoms. The van der Waals surface area contributed by atoms with Gasteiger partial charge in [-0.15, -0.1) is 0 Å². The number of hydrogen-bond donors (Lipinski definition) is 3. The SMILES string of the molecule is O=C(NCc1ccc[nH]1)c1cccc2c1CNCC2. The number of amides is 1. The quantitative estimate of drug-likeness (QED) is 0.780. The number of aromatic amines is 1. The lowest BCUT2D eigenvalue weighted by Gasteiger charge is -2.19. The summed E-state index contributed by atoms with van der Waals surface area (Å²) in [4.78, 5) is 15.3. The number of carbonyl (C=O) groups is 1. The first kappa shape index (κ1) is 12.0. The van der Waals surface area contributed by atoms with Crippen LogP contribution in [0, 0.1) is 0 Å². The molecule has 0 fully saturated rings. The molecule has 1 aliphatic rings. The van der Waals surface area contributed by atoms with Gasteiger partial charge in [0.1, 0.15) is 0 Å². The second-order valence-corrected chi connectivity index (χ2v) is 4.75. The molecule has 0 radical (unpaired) electrons. The Morgan fingerprint density at radius 3 is 3.05 bits per heavy atom. The highest BCUT2D eigenvalue weighted by Gasteiger charge is 2.16. The van der Waals surface area contributed by atoms with Crippen LogP contribution in [0.3, 0.4) is 0 Å². The van der Waals surface area contributed by atoms with Gasteiger partial charge in [0.25, 0.3) is 5.91 Å². The molecule has 0 aliphatic carbocycles. The lowest BCUT2D eigenvalue weighted by atomic mass is 9.95. The largest absolute Gasteiger partial charge is 0.364 e. The fourth-order valence-electron chi connectivity index (χ4n) is 2.48. The fourth-order valence-corrected chi connectivity index (χ4v) is 2.48. The van der Waals surface area contributed by atoms with Crippen LogP contribution in [0.5, 0.6) is 0 Å². The number of nitrogens with one attached hydrogen (secondary N) is 3. The van der Waals surface area contributed by atoms with Crippen molar-refractivity contribution in [3.05, 3.63) is 58.9 Å². The lowest BCUT2D eigenvalue weighted by molar-refractivity contribution is 0.0949. The molecule has 2 aromatic rings. The number of benzene rings is 1. The Bertz CT molecular complexity index is 575. The Kier molecular flexibility index (Phi) is 3.33.